The molecule has 1 aliphatic heterocycles. The van der Waals surface area contributed by atoms with Crippen molar-refractivity contribution in [1.82, 2.24) is 9.97 Å². The molecule has 1 amide bonds. The Labute approximate surface area is 138 Å². The highest BCUT2D eigenvalue weighted by Crippen LogP contribution is 2.17. The Morgan fingerprint density at radius 3 is 2.62 bits per heavy atom. The highest BCUT2D eigenvalue weighted by Gasteiger charge is 2.28. The van der Waals surface area contributed by atoms with Crippen LogP contribution in [-0.4, -0.2) is 41.8 Å². The summed E-state index contributed by atoms with van der Waals surface area (Å²) < 4.78 is 35.8. The summed E-state index contributed by atoms with van der Waals surface area (Å²) in [6, 6.07) is 6.59. The van der Waals surface area contributed by atoms with E-state index in [4.69, 9.17) is 0 Å². The van der Waals surface area contributed by atoms with Crippen molar-refractivity contribution in [2.75, 3.05) is 22.1 Å². The summed E-state index contributed by atoms with van der Waals surface area (Å²) in [7, 11) is -3.00. The molecule has 1 atom stereocenters. The van der Waals surface area contributed by atoms with E-state index in [0.717, 1.165) is 0 Å². The number of sulfone groups is 1. The largest absolute Gasteiger partial charge is 0.366 e. The van der Waals surface area contributed by atoms with Gasteiger partial charge in [-0.2, -0.15) is 0 Å². The zero-order valence-corrected chi connectivity index (χ0v) is 13.4. The third-order valence-corrected chi connectivity index (χ3v) is 5.35. The predicted octanol–water partition coefficient (Wildman–Crippen LogP) is 1.47. The number of nitrogens with zero attached hydrogens (tertiary/aromatic N) is 2. The number of carbonyl (C=O) groups excluding carboxylic acids is 1. The van der Waals surface area contributed by atoms with Gasteiger partial charge in [0.25, 0.3) is 5.91 Å². The molecule has 0 aliphatic carbocycles. The van der Waals surface area contributed by atoms with Gasteiger partial charge in [-0.15, -0.1) is 0 Å². The maximum Gasteiger partial charge on any atom is 0.274 e. The molecule has 0 spiro atoms. The molecule has 1 fully saturated rings. The van der Waals surface area contributed by atoms with Crippen LogP contribution >= 0.6 is 0 Å². The van der Waals surface area contributed by atoms with E-state index in [9.17, 15) is 17.6 Å². The van der Waals surface area contributed by atoms with Crippen LogP contribution in [0.25, 0.3) is 0 Å². The van der Waals surface area contributed by atoms with Crippen molar-refractivity contribution in [2.24, 2.45) is 0 Å². The van der Waals surface area contributed by atoms with Gasteiger partial charge in [-0.25, -0.2) is 22.8 Å². The molecule has 1 unspecified atom stereocenters. The van der Waals surface area contributed by atoms with E-state index in [1.807, 2.05) is 0 Å². The van der Waals surface area contributed by atoms with Crippen molar-refractivity contribution in [3.63, 3.8) is 0 Å². The highest BCUT2D eigenvalue weighted by atomic mass is 32.2. The number of amides is 1. The van der Waals surface area contributed by atoms with Crippen LogP contribution in [0.3, 0.4) is 0 Å². The van der Waals surface area contributed by atoms with Crippen molar-refractivity contribution in [3.8, 4) is 0 Å². The number of anilines is 2. The maximum absolute atomic E-state index is 12.9. The van der Waals surface area contributed by atoms with Crippen LogP contribution in [0.15, 0.2) is 36.7 Å². The molecule has 3 rings (SSSR count). The van der Waals surface area contributed by atoms with E-state index in [0.29, 0.717) is 17.9 Å². The maximum atomic E-state index is 12.9. The topological polar surface area (TPSA) is 101 Å². The average molecular weight is 350 g/mol. The summed E-state index contributed by atoms with van der Waals surface area (Å²) in [5.41, 5.74) is 0.564. The zero-order chi connectivity index (χ0) is 17.2. The van der Waals surface area contributed by atoms with Gasteiger partial charge >= 0.3 is 0 Å². The lowest BCUT2D eigenvalue weighted by atomic mass is 10.2. The monoisotopic (exact) mass is 350 g/mol. The molecule has 2 N–H and O–H groups in total. The lowest BCUT2D eigenvalue weighted by Gasteiger charge is -2.12. The number of benzene rings is 1. The van der Waals surface area contributed by atoms with Gasteiger partial charge in [-0.05, 0) is 30.7 Å². The molecule has 1 saturated heterocycles. The lowest BCUT2D eigenvalue weighted by Crippen LogP contribution is -2.22. The second-order valence-electron chi connectivity index (χ2n) is 5.49. The quantitative estimate of drug-likeness (QED) is 0.866. The summed E-state index contributed by atoms with van der Waals surface area (Å²) >= 11 is 0. The molecular formula is C15H15FN4O3S. The van der Waals surface area contributed by atoms with Gasteiger partial charge in [0.15, 0.2) is 9.84 Å². The number of hydrogen-bond donors (Lipinski definition) is 2. The van der Waals surface area contributed by atoms with Crippen molar-refractivity contribution in [1.29, 1.82) is 0 Å². The molecule has 2 aromatic rings. The summed E-state index contributed by atoms with van der Waals surface area (Å²) in [4.78, 5) is 20.1. The minimum atomic E-state index is -3.00. The van der Waals surface area contributed by atoms with Crippen LogP contribution in [0.4, 0.5) is 15.9 Å². The average Bonchev–Trinajstić information content (AvgIpc) is 2.88. The second kappa shape index (κ2) is 6.52. The summed E-state index contributed by atoms with van der Waals surface area (Å²) in [6.07, 6.45) is 1.73. The fourth-order valence-electron chi connectivity index (χ4n) is 2.41. The molecule has 1 aliphatic rings. The van der Waals surface area contributed by atoms with E-state index in [-0.39, 0.29) is 23.2 Å². The standard InChI is InChI=1S/C15H15FN4O3S/c16-10-1-3-11(4-2-10)20-15(21)13-7-14(18-9-17-13)19-12-5-6-24(22,23)8-12/h1-4,7,9,12H,5-6,8H2,(H,20,21)(H,17,18,19). The predicted molar refractivity (Wildman–Crippen MR) is 87.1 cm³/mol. The molecule has 0 saturated carbocycles. The normalized spacial score (nSPS) is 19.0. The Balaban J connectivity index is 1.68. The number of carbonyl (C=O) groups is 1. The summed E-state index contributed by atoms with van der Waals surface area (Å²) in [5, 5.41) is 5.60. The van der Waals surface area contributed by atoms with E-state index >= 15 is 0 Å². The fraction of sp³-hybridized carbons (Fsp3) is 0.267. The minimum absolute atomic E-state index is 0.0497. The Hall–Kier alpha value is -2.55. The Kier molecular flexibility index (Phi) is 4.43. The van der Waals surface area contributed by atoms with E-state index in [2.05, 4.69) is 20.6 Å². The van der Waals surface area contributed by atoms with Gasteiger partial charge in [0.05, 0.1) is 11.5 Å². The first-order chi connectivity index (χ1) is 11.4. The van der Waals surface area contributed by atoms with Crippen molar-refractivity contribution >= 4 is 27.2 Å². The van der Waals surface area contributed by atoms with Gasteiger partial charge < -0.3 is 10.6 Å². The SMILES string of the molecule is O=C(Nc1ccc(F)cc1)c1cc(NC2CCS(=O)(=O)C2)ncn1. The highest BCUT2D eigenvalue weighted by molar-refractivity contribution is 7.91. The molecule has 0 bridgehead atoms. The summed E-state index contributed by atoms with van der Waals surface area (Å²) in [5.74, 6) is -0.280. The third-order valence-electron chi connectivity index (χ3n) is 3.59. The van der Waals surface area contributed by atoms with Gasteiger partial charge in [-0.1, -0.05) is 0 Å². The Morgan fingerprint density at radius 1 is 1.21 bits per heavy atom. The first-order valence-electron chi connectivity index (χ1n) is 7.27. The first-order valence-corrected chi connectivity index (χ1v) is 9.09. The zero-order valence-electron chi connectivity index (χ0n) is 12.6. The molecule has 126 valence electrons. The fourth-order valence-corrected chi connectivity index (χ4v) is 4.08. The molecule has 7 nitrogen and oxygen atoms in total. The van der Waals surface area contributed by atoms with Gasteiger partial charge in [0.2, 0.25) is 0 Å². The number of aromatic nitrogens is 2. The number of nitrogens with one attached hydrogen (secondary N) is 2. The van der Waals surface area contributed by atoms with Crippen LogP contribution in [0.5, 0.6) is 0 Å². The third kappa shape index (κ3) is 4.05. The van der Waals surface area contributed by atoms with E-state index in [1.54, 1.807) is 0 Å². The Bertz CT molecular complexity index is 855. The van der Waals surface area contributed by atoms with Crippen molar-refractivity contribution in [2.45, 2.75) is 12.5 Å². The Morgan fingerprint density at radius 2 is 1.96 bits per heavy atom. The second-order valence-corrected chi connectivity index (χ2v) is 7.72. The first kappa shape index (κ1) is 16.3. The number of hydrogen-bond acceptors (Lipinski definition) is 6. The van der Waals surface area contributed by atoms with Crippen molar-refractivity contribution in [3.05, 3.63) is 48.2 Å². The number of rotatable bonds is 4. The number of halogens is 1. The van der Waals surface area contributed by atoms with E-state index < -0.39 is 21.6 Å². The van der Waals surface area contributed by atoms with Crippen LogP contribution in [0.1, 0.15) is 16.9 Å². The molecule has 0 radical (unpaired) electrons. The van der Waals surface area contributed by atoms with Crippen LogP contribution in [0, 0.1) is 5.82 Å². The molecule has 2 heterocycles. The minimum Gasteiger partial charge on any atom is -0.366 e. The molecular weight excluding hydrogens is 335 g/mol. The van der Waals surface area contributed by atoms with Gasteiger partial charge in [0.1, 0.15) is 23.7 Å². The van der Waals surface area contributed by atoms with Crippen LogP contribution in [0.2, 0.25) is 0 Å². The molecule has 24 heavy (non-hydrogen) atoms. The van der Waals surface area contributed by atoms with Gasteiger partial charge in [0, 0.05) is 17.8 Å². The van der Waals surface area contributed by atoms with Gasteiger partial charge in [-0.3, -0.25) is 4.79 Å². The van der Waals surface area contributed by atoms with Crippen molar-refractivity contribution < 1.29 is 17.6 Å². The van der Waals surface area contributed by atoms with E-state index in [1.165, 1.54) is 36.7 Å². The van der Waals surface area contributed by atoms with Crippen LogP contribution < -0.4 is 10.6 Å². The molecule has 1 aromatic carbocycles. The molecule has 1 aromatic heterocycles. The lowest BCUT2D eigenvalue weighted by molar-refractivity contribution is 0.102. The summed E-state index contributed by atoms with van der Waals surface area (Å²) in [6.45, 7) is 0. The van der Waals surface area contributed by atoms with Crippen LogP contribution in [-0.2, 0) is 9.84 Å². The molecule has 9 heteroatoms. The smallest absolute Gasteiger partial charge is 0.274 e.